The summed E-state index contributed by atoms with van der Waals surface area (Å²) in [6, 6.07) is 0.202. The van der Waals surface area contributed by atoms with E-state index < -0.39 is 40.9 Å². The molecule has 0 saturated carbocycles. The van der Waals surface area contributed by atoms with Crippen molar-refractivity contribution in [3.05, 3.63) is 29.3 Å². The SMILES string of the molecule is NNc1c(F)cc(F)c(F)c1F.O=C(O)C(=O)O. The summed E-state index contributed by atoms with van der Waals surface area (Å²) in [6.45, 7) is 0. The summed E-state index contributed by atoms with van der Waals surface area (Å²) >= 11 is 0. The number of rotatable bonds is 1. The van der Waals surface area contributed by atoms with Crippen molar-refractivity contribution in [1.82, 2.24) is 0 Å². The second-order valence-electron chi connectivity index (χ2n) is 2.60. The summed E-state index contributed by atoms with van der Waals surface area (Å²) in [7, 11) is 0. The average molecular weight is 270 g/mol. The van der Waals surface area contributed by atoms with Gasteiger partial charge in [0.2, 0.25) is 0 Å². The number of halogens is 4. The molecule has 18 heavy (non-hydrogen) atoms. The summed E-state index contributed by atoms with van der Waals surface area (Å²) in [5, 5.41) is 14.8. The molecule has 6 nitrogen and oxygen atoms in total. The molecule has 0 aromatic heterocycles. The van der Waals surface area contributed by atoms with E-state index >= 15 is 0 Å². The molecule has 1 aromatic carbocycles. The number of hydrogen-bond donors (Lipinski definition) is 4. The molecule has 0 amide bonds. The summed E-state index contributed by atoms with van der Waals surface area (Å²) in [5.74, 6) is -5.30. The Hall–Kier alpha value is -2.36. The highest BCUT2D eigenvalue weighted by Gasteiger charge is 2.17. The molecular weight excluding hydrogens is 264 g/mol. The molecule has 0 radical (unpaired) electrons. The number of carbonyl (C=O) groups is 2. The summed E-state index contributed by atoms with van der Waals surface area (Å²) < 4.78 is 49.6. The van der Waals surface area contributed by atoms with E-state index in [1.165, 1.54) is 0 Å². The van der Waals surface area contributed by atoms with E-state index in [-0.39, 0.29) is 6.07 Å². The highest BCUT2D eigenvalue weighted by Crippen LogP contribution is 2.22. The van der Waals surface area contributed by atoms with E-state index in [1.807, 2.05) is 0 Å². The number of anilines is 1. The molecule has 100 valence electrons. The van der Waals surface area contributed by atoms with Gasteiger partial charge in [-0.25, -0.2) is 27.2 Å². The molecule has 0 saturated heterocycles. The molecule has 0 aliphatic rings. The first-order valence-corrected chi connectivity index (χ1v) is 3.98. The van der Waals surface area contributed by atoms with Gasteiger partial charge in [0.1, 0.15) is 5.69 Å². The molecule has 1 aromatic rings. The third-order valence-corrected chi connectivity index (χ3v) is 1.44. The van der Waals surface area contributed by atoms with Gasteiger partial charge >= 0.3 is 11.9 Å². The number of benzene rings is 1. The van der Waals surface area contributed by atoms with Crippen LogP contribution in [-0.2, 0) is 9.59 Å². The van der Waals surface area contributed by atoms with Crippen molar-refractivity contribution < 1.29 is 37.4 Å². The van der Waals surface area contributed by atoms with Gasteiger partial charge in [-0.15, -0.1) is 0 Å². The highest BCUT2D eigenvalue weighted by molar-refractivity contribution is 6.27. The van der Waals surface area contributed by atoms with E-state index in [1.54, 1.807) is 5.43 Å². The maximum Gasteiger partial charge on any atom is 0.414 e. The molecule has 10 heteroatoms. The Kier molecular flexibility index (Phi) is 5.56. The Labute approximate surface area is 96.6 Å². The number of aliphatic carboxylic acids is 2. The minimum atomic E-state index is -1.82. The largest absolute Gasteiger partial charge is 0.473 e. The number of nitrogens with two attached hydrogens (primary N) is 1. The van der Waals surface area contributed by atoms with Crippen molar-refractivity contribution in [2.75, 3.05) is 5.43 Å². The van der Waals surface area contributed by atoms with Crippen LogP contribution in [0.3, 0.4) is 0 Å². The smallest absolute Gasteiger partial charge is 0.414 e. The van der Waals surface area contributed by atoms with E-state index in [4.69, 9.17) is 19.8 Å². The molecule has 0 unspecified atom stereocenters. The van der Waals surface area contributed by atoms with Crippen LogP contribution >= 0.6 is 0 Å². The Bertz CT molecular complexity index is 469. The van der Waals surface area contributed by atoms with Crippen LogP contribution in [0.5, 0.6) is 0 Å². The fourth-order valence-corrected chi connectivity index (χ4v) is 0.699. The van der Waals surface area contributed by atoms with Crippen LogP contribution in [0.4, 0.5) is 23.2 Å². The van der Waals surface area contributed by atoms with Crippen LogP contribution in [-0.4, -0.2) is 22.2 Å². The maximum absolute atomic E-state index is 12.5. The number of hydrazine groups is 1. The lowest BCUT2D eigenvalue weighted by Crippen LogP contribution is -2.12. The van der Waals surface area contributed by atoms with Gasteiger partial charge < -0.3 is 15.6 Å². The van der Waals surface area contributed by atoms with Gasteiger partial charge in [-0.1, -0.05) is 0 Å². The third-order valence-electron chi connectivity index (χ3n) is 1.44. The molecular formula is C8H6F4N2O4. The second-order valence-corrected chi connectivity index (χ2v) is 2.60. The van der Waals surface area contributed by atoms with Crippen molar-refractivity contribution >= 4 is 17.6 Å². The Balaban J connectivity index is 0.000000411. The first-order chi connectivity index (χ1) is 8.22. The van der Waals surface area contributed by atoms with Crippen LogP contribution in [0.15, 0.2) is 6.07 Å². The molecule has 0 fully saturated rings. The lowest BCUT2D eigenvalue weighted by Gasteiger charge is -2.04. The Morgan fingerprint density at radius 3 is 1.78 bits per heavy atom. The fourth-order valence-electron chi connectivity index (χ4n) is 0.699. The van der Waals surface area contributed by atoms with Gasteiger partial charge in [0.25, 0.3) is 0 Å². The molecule has 0 spiro atoms. The Morgan fingerprint density at radius 1 is 1.00 bits per heavy atom. The summed E-state index contributed by atoms with van der Waals surface area (Å²) in [4.78, 5) is 18.2. The van der Waals surface area contributed by atoms with Crippen molar-refractivity contribution in [2.45, 2.75) is 0 Å². The van der Waals surface area contributed by atoms with Gasteiger partial charge in [0.15, 0.2) is 23.3 Å². The normalized spacial score (nSPS) is 9.17. The van der Waals surface area contributed by atoms with Gasteiger partial charge in [0.05, 0.1) is 0 Å². The topological polar surface area (TPSA) is 113 Å². The molecule has 1 rings (SSSR count). The quantitative estimate of drug-likeness (QED) is 0.149. The Morgan fingerprint density at radius 2 is 1.44 bits per heavy atom. The van der Waals surface area contributed by atoms with Gasteiger partial charge in [-0.2, -0.15) is 0 Å². The second kappa shape index (κ2) is 6.39. The average Bonchev–Trinajstić information content (AvgIpc) is 2.27. The zero-order chi connectivity index (χ0) is 14.5. The number of carboxylic acid groups (broad SMARTS) is 2. The van der Waals surface area contributed by atoms with Crippen molar-refractivity contribution in [3.8, 4) is 0 Å². The number of hydrogen-bond acceptors (Lipinski definition) is 4. The van der Waals surface area contributed by atoms with Crippen molar-refractivity contribution in [3.63, 3.8) is 0 Å². The number of carboxylic acids is 2. The van der Waals surface area contributed by atoms with Crippen LogP contribution in [0.1, 0.15) is 0 Å². The summed E-state index contributed by atoms with van der Waals surface area (Å²) in [5.41, 5.74) is 0.680. The third kappa shape index (κ3) is 3.90. The van der Waals surface area contributed by atoms with Gasteiger partial charge in [0, 0.05) is 6.07 Å². The van der Waals surface area contributed by atoms with Gasteiger partial charge in [-0.3, -0.25) is 5.84 Å². The zero-order valence-corrected chi connectivity index (χ0v) is 8.38. The highest BCUT2D eigenvalue weighted by atomic mass is 19.2. The van der Waals surface area contributed by atoms with E-state index in [0.717, 1.165) is 0 Å². The minimum Gasteiger partial charge on any atom is -0.473 e. The van der Waals surface area contributed by atoms with E-state index in [9.17, 15) is 17.6 Å². The summed E-state index contributed by atoms with van der Waals surface area (Å²) in [6.07, 6.45) is 0. The van der Waals surface area contributed by atoms with Crippen LogP contribution in [0.2, 0.25) is 0 Å². The lowest BCUT2D eigenvalue weighted by molar-refractivity contribution is -0.159. The lowest BCUT2D eigenvalue weighted by atomic mass is 10.2. The predicted octanol–water partition coefficient (Wildman–Crippen LogP) is 0.684. The van der Waals surface area contributed by atoms with Crippen LogP contribution < -0.4 is 11.3 Å². The van der Waals surface area contributed by atoms with Crippen LogP contribution in [0, 0.1) is 23.3 Å². The first kappa shape index (κ1) is 15.6. The standard InChI is InChI=1S/C6H4F4N2.C2H2O4/c7-2-1-3(8)6(12-11)5(10)4(2)9;3-1(4)2(5)6/h1,12H,11H2;(H,3,4)(H,5,6). The monoisotopic (exact) mass is 270 g/mol. The van der Waals surface area contributed by atoms with E-state index in [2.05, 4.69) is 5.84 Å². The molecule has 0 bridgehead atoms. The number of nitrogens with one attached hydrogen (secondary N) is 1. The molecule has 5 N–H and O–H groups in total. The van der Waals surface area contributed by atoms with Crippen molar-refractivity contribution in [2.24, 2.45) is 5.84 Å². The molecule has 0 aliphatic heterocycles. The maximum atomic E-state index is 12.5. The van der Waals surface area contributed by atoms with Gasteiger partial charge in [-0.05, 0) is 0 Å². The molecule has 0 heterocycles. The van der Waals surface area contributed by atoms with Crippen molar-refractivity contribution in [1.29, 1.82) is 0 Å². The number of nitrogen functional groups attached to an aromatic ring is 1. The first-order valence-electron chi connectivity index (χ1n) is 3.98. The fraction of sp³-hybridized carbons (Fsp3) is 0. The van der Waals surface area contributed by atoms with Crippen LogP contribution in [0.25, 0.3) is 0 Å². The molecule has 0 atom stereocenters. The van der Waals surface area contributed by atoms with E-state index in [0.29, 0.717) is 0 Å². The predicted molar refractivity (Wildman–Crippen MR) is 49.4 cm³/mol. The zero-order valence-electron chi connectivity index (χ0n) is 8.38. The molecule has 0 aliphatic carbocycles. The minimum absolute atomic E-state index is 0.202.